The summed E-state index contributed by atoms with van der Waals surface area (Å²) < 4.78 is 5.97. The van der Waals surface area contributed by atoms with Crippen LogP contribution in [-0.2, 0) is 11.8 Å². The fourth-order valence-corrected chi connectivity index (χ4v) is 4.38. The molecule has 1 aromatic heterocycles. The van der Waals surface area contributed by atoms with Gasteiger partial charge in [-0.2, -0.15) is 0 Å². The maximum atomic E-state index is 5.97. The number of piperidine rings is 1. The number of benzene rings is 2. The third kappa shape index (κ3) is 5.08. The zero-order valence-electron chi connectivity index (χ0n) is 18.2. The van der Waals surface area contributed by atoms with E-state index < -0.39 is 0 Å². The Morgan fingerprint density at radius 2 is 1.76 bits per heavy atom. The lowest BCUT2D eigenvalue weighted by molar-refractivity contribution is 0.208. The highest BCUT2D eigenvalue weighted by molar-refractivity contribution is 5.73. The average molecular weight is 391 g/mol. The first-order valence-corrected chi connectivity index (χ1v) is 11.2. The van der Waals surface area contributed by atoms with Gasteiger partial charge in [0.1, 0.15) is 5.52 Å². The largest absolute Gasteiger partial charge is 0.441 e. The summed E-state index contributed by atoms with van der Waals surface area (Å²) in [6, 6.07) is 17.4. The van der Waals surface area contributed by atoms with Crippen LogP contribution in [-0.4, -0.2) is 29.5 Å². The highest BCUT2D eigenvalue weighted by Crippen LogP contribution is 2.28. The Hall–Kier alpha value is -2.13. The molecule has 1 aliphatic rings. The zero-order chi connectivity index (χ0) is 20.3. The van der Waals surface area contributed by atoms with Crippen molar-refractivity contribution in [3.8, 4) is 0 Å². The van der Waals surface area contributed by atoms with E-state index in [0.29, 0.717) is 0 Å². The Morgan fingerprint density at radius 1 is 1.00 bits per heavy atom. The Morgan fingerprint density at radius 3 is 2.48 bits per heavy atom. The van der Waals surface area contributed by atoms with Gasteiger partial charge < -0.3 is 9.32 Å². The fraction of sp³-hybridized carbons (Fsp3) is 0.500. The van der Waals surface area contributed by atoms with Gasteiger partial charge in [-0.3, -0.25) is 0 Å². The van der Waals surface area contributed by atoms with Gasteiger partial charge >= 0.3 is 0 Å². The van der Waals surface area contributed by atoms with Crippen LogP contribution in [0.25, 0.3) is 11.1 Å². The Bertz CT molecular complexity index is 915. The molecule has 1 saturated heterocycles. The molecule has 3 nitrogen and oxygen atoms in total. The van der Waals surface area contributed by atoms with Crippen molar-refractivity contribution in [2.24, 2.45) is 0 Å². The van der Waals surface area contributed by atoms with Crippen molar-refractivity contribution in [3.05, 3.63) is 65.5 Å². The fourth-order valence-electron chi connectivity index (χ4n) is 4.38. The van der Waals surface area contributed by atoms with Gasteiger partial charge in [-0.05, 0) is 79.9 Å². The highest BCUT2D eigenvalue weighted by atomic mass is 16.3. The number of rotatable bonds is 6. The minimum atomic E-state index is 0.140. The smallest absolute Gasteiger partial charge is 0.195 e. The van der Waals surface area contributed by atoms with Crippen LogP contribution in [0.3, 0.4) is 0 Å². The summed E-state index contributed by atoms with van der Waals surface area (Å²) in [5.74, 6) is 1.62. The van der Waals surface area contributed by atoms with E-state index in [9.17, 15) is 0 Å². The van der Waals surface area contributed by atoms with E-state index in [1.165, 1.54) is 50.0 Å². The summed E-state index contributed by atoms with van der Waals surface area (Å²) in [5, 5.41) is 0. The van der Waals surface area contributed by atoms with E-state index >= 15 is 0 Å². The lowest BCUT2D eigenvalue weighted by Crippen LogP contribution is -2.33. The molecule has 0 saturated carbocycles. The number of fused-ring (bicyclic) bond motifs is 1. The van der Waals surface area contributed by atoms with Crippen LogP contribution >= 0.6 is 0 Å². The van der Waals surface area contributed by atoms with Gasteiger partial charge in [0.15, 0.2) is 11.5 Å². The van der Waals surface area contributed by atoms with Crippen LogP contribution in [0.4, 0.5) is 0 Å². The van der Waals surface area contributed by atoms with E-state index in [1.54, 1.807) is 0 Å². The molecule has 0 amide bonds. The molecular formula is C26H34N2O. The summed E-state index contributed by atoms with van der Waals surface area (Å²) in [4.78, 5) is 7.36. The predicted molar refractivity (Wildman–Crippen MR) is 121 cm³/mol. The number of nitrogens with zero attached hydrogens (tertiary/aromatic N) is 2. The lowest BCUT2D eigenvalue weighted by atomic mass is 9.87. The second-order valence-corrected chi connectivity index (χ2v) is 9.52. The lowest BCUT2D eigenvalue weighted by Gasteiger charge is -2.32. The van der Waals surface area contributed by atoms with Crippen molar-refractivity contribution in [2.45, 2.75) is 64.2 Å². The predicted octanol–water partition coefficient (Wildman–Crippen LogP) is 6.33. The summed E-state index contributed by atoms with van der Waals surface area (Å²) in [5.41, 5.74) is 4.87. The quantitative estimate of drug-likeness (QED) is 0.461. The molecule has 1 aliphatic heterocycles. The molecule has 29 heavy (non-hydrogen) atoms. The van der Waals surface area contributed by atoms with E-state index in [1.807, 2.05) is 0 Å². The molecule has 2 aromatic carbocycles. The van der Waals surface area contributed by atoms with Crippen molar-refractivity contribution in [1.29, 1.82) is 0 Å². The van der Waals surface area contributed by atoms with E-state index in [-0.39, 0.29) is 5.41 Å². The van der Waals surface area contributed by atoms with Gasteiger partial charge in [-0.25, -0.2) is 4.98 Å². The maximum Gasteiger partial charge on any atom is 0.195 e. The van der Waals surface area contributed by atoms with Crippen molar-refractivity contribution in [1.82, 2.24) is 9.88 Å². The van der Waals surface area contributed by atoms with E-state index in [4.69, 9.17) is 9.40 Å². The molecule has 0 atom stereocenters. The highest BCUT2D eigenvalue weighted by Gasteiger charge is 2.20. The second kappa shape index (κ2) is 8.71. The van der Waals surface area contributed by atoms with Crippen LogP contribution in [0.15, 0.2) is 52.9 Å². The second-order valence-electron chi connectivity index (χ2n) is 9.52. The Balaban J connectivity index is 1.22. The van der Waals surface area contributed by atoms with Gasteiger partial charge in [0.05, 0.1) is 0 Å². The molecule has 3 aromatic rings. The number of aromatic nitrogens is 1. The molecule has 0 spiro atoms. The normalized spacial score (nSPS) is 16.5. The van der Waals surface area contributed by atoms with Crippen molar-refractivity contribution in [2.75, 3.05) is 19.6 Å². The SMILES string of the molecule is CC(C)(C)c1ccc2oc(CCCCN3CCC(c4ccccc4)CC3)nc2c1. The number of hydrogen-bond donors (Lipinski definition) is 0. The summed E-state index contributed by atoms with van der Waals surface area (Å²) >= 11 is 0. The number of likely N-dealkylation sites (tertiary alicyclic amines) is 1. The molecule has 0 bridgehead atoms. The maximum absolute atomic E-state index is 5.97. The molecule has 0 N–H and O–H groups in total. The summed E-state index contributed by atoms with van der Waals surface area (Å²) in [6.45, 7) is 10.3. The monoisotopic (exact) mass is 390 g/mol. The first-order chi connectivity index (χ1) is 14.0. The molecule has 4 rings (SSSR count). The van der Waals surface area contributed by atoms with Crippen LogP contribution in [0.1, 0.15) is 69.4 Å². The zero-order valence-corrected chi connectivity index (χ0v) is 18.2. The molecule has 154 valence electrons. The standard InChI is InChI=1S/C26H34N2O/c1-26(2,3)22-12-13-24-23(19-22)27-25(29-24)11-7-8-16-28-17-14-21(15-18-28)20-9-5-4-6-10-20/h4-6,9-10,12-13,19,21H,7-8,11,14-18H2,1-3H3. The van der Waals surface area contributed by atoms with Crippen LogP contribution in [0, 0.1) is 0 Å². The minimum Gasteiger partial charge on any atom is -0.441 e. The average Bonchev–Trinajstić information content (AvgIpc) is 3.14. The topological polar surface area (TPSA) is 29.3 Å². The van der Waals surface area contributed by atoms with Crippen LogP contribution in [0.2, 0.25) is 0 Å². The van der Waals surface area contributed by atoms with Gasteiger partial charge in [0, 0.05) is 6.42 Å². The third-order valence-corrected chi connectivity index (χ3v) is 6.27. The molecule has 0 aliphatic carbocycles. The third-order valence-electron chi connectivity index (χ3n) is 6.27. The van der Waals surface area contributed by atoms with Crippen molar-refractivity contribution in [3.63, 3.8) is 0 Å². The number of oxazole rings is 1. The van der Waals surface area contributed by atoms with Gasteiger partial charge in [0.2, 0.25) is 0 Å². The number of unbranched alkanes of at least 4 members (excludes halogenated alkanes) is 1. The number of hydrogen-bond acceptors (Lipinski definition) is 3. The first kappa shape index (κ1) is 20.2. The summed E-state index contributed by atoms with van der Waals surface area (Å²) in [6.07, 6.45) is 5.84. The van der Waals surface area contributed by atoms with E-state index in [2.05, 4.69) is 74.2 Å². The molecule has 2 heterocycles. The van der Waals surface area contributed by atoms with Crippen LogP contribution in [0.5, 0.6) is 0 Å². The first-order valence-electron chi connectivity index (χ1n) is 11.2. The van der Waals surface area contributed by atoms with Crippen molar-refractivity contribution < 1.29 is 4.42 Å². The molecule has 0 radical (unpaired) electrons. The minimum absolute atomic E-state index is 0.140. The molecule has 1 fully saturated rings. The molecular weight excluding hydrogens is 356 g/mol. The van der Waals surface area contributed by atoms with Gasteiger partial charge in [-0.15, -0.1) is 0 Å². The van der Waals surface area contributed by atoms with Crippen LogP contribution < -0.4 is 0 Å². The Kier molecular flexibility index (Phi) is 6.05. The Labute approximate surface area is 175 Å². The molecule has 3 heteroatoms. The molecule has 0 unspecified atom stereocenters. The van der Waals surface area contributed by atoms with Gasteiger partial charge in [0.25, 0.3) is 0 Å². The van der Waals surface area contributed by atoms with Gasteiger partial charge in [-0.1, -0.05) is 57.2 Å². The summed E-state index contributed by atoms with van der Waals surface area (Å²) in [7, 11) is 0. The van der Waals surface area contributed by atoms with E-state index in [0.717, 1.165) is 35.7 Å². The van der Waals surface area contributed by atoms with Crippen molar-refractivity contribution >= 4 is 11.1 Å². The number of aryl methyl sites for hydroxylation is 1.